The number of halogens is 1. The average molecular weight is 273 g/mol. The Morgan fingerprint density at radius 2 is 1.75 bits per heavy atom. The summed E-state index contributed by atoms with van der Waals surface area (Å²) in [4.78, 5) is 0. The zero-order valence-corrected chi connectivity index (χ0v) is 12.1. The van der Waals surface area contributed by atoms with E-state index in [1.54, 1.807) is 13.0 Å². The van der Waals surface area contributed by atoms with Gasteiger partial charge in [0.15, 0.2) is 0 Å². The third-order valence-corrected chi connectivity index (χ3v) is 3.14. The molecule has 3 heteroatoms. The Bertz CT molecular complexity index is 595. The number of benzene rings is 2. The Balaban J connectivity index is 2.28. The van der Waals surface area contributed by atoms with Crippen LogP contribution in [0.4, 0.5) is 4.39 Å². The van der Waals surface area contributed by atoms with Crippen molar-refractivity contribution in [3.63, 3.8) is 0 Å². The molecule has 0 aliphatic rings. The van der Waals surface area contributed by atoms with Crippen LogP contribution in [-0.2, 0) is 0 Å². The molecule has 0 aromatic heterocycles. The van der Waals surface area contributed by atoms with Crippen LogP contribution < -0.4 is 10.5 Å². The fourth-order valence-corrected chi connectivity index (χ4v) is 2.05. The second-order valence-corrected chi connectivity index (χ2v) is 5.23. The van der Waals surface area contributed by atoms with Crippen molar-refractivity contribution in [3.8, 4) is 5.75 Å². The average Bonchev–Trinajstić information content (AvgIpc) is 2.40. The van der Waals surface area contributed by atoms with Crippen LogP contribution in [0.2, 0.25) is 0 Å². The van der Waals surface area contributed by atoms with E-state index in [0.29, 0.717) is 5.56 Å². The second-order valence-electron chi connectivity index (χ2n) is 5.23. The van der Waals surface area contributed by atoms with Crippen LogP contribution in [0.3, 0.4) is 0 Å². The van der Waals surface area contributed by atoms with E-state index in [9.17, 15) is 4.39 Å². The smallest absolute Gasteiger partial charge is 0.126 e. The molecule has 2 N–H and O–H groups in total. The molecule has 0 aliphatic carbocycles. The Labute approximate surface area is 119 Å². The van der Waals surface area contributed by atoms with E-state index in [2.05, 4.69) is 0 Å². The molecule has 20 heavy (non-hydrogen) atoms. The van der Waals surface area contributed by atoms with E-state index in [1.165, 1.54) is 6.07 Å². The van der Waals surface area contributed by atoms with Gasteiger partial charge >= 0.3 is 0 Å². The monoisotopic (exact) mass is 273 g/mol. The van der Waals surface area contributed by atoms with Crippen molar-refractivity contribution < 1.29 is 9.13 Å². The van der Waals surface area contributed by atoms with Crippen molar-refractivity contribution in [2.75, 3.05) is 0 Å². The molecule has 0 fully saturated rings. The van der Waals surface area contributed by atoms with Gasteiger partial charge in [-0.2, -0.15) is 0 Å². The summed E-state index contributed by atoms with van der Waals surface area (Å²) >= 11 is 0. The van der Waals surface area contributed by atoms with Gasteiger partial charge in [0.05, 0.1) is 12.1 Å². The van der Waals surface area contributed by atoms with Crippen molar-refractivity contribution in [1.29, 1.82) is 0 Å². The fraction of sp³-hybridized carbons (Fsp3) is 0.294. The summed E-state index contributed by atoms with van der Waals surface area (Å²) in [5.41, 5.74) is 8.50. The molecule has 2 aromatic rings. The third kappa shape index (κ3) is 3.36. The van der Waals surface area contributed by atoms with Crippen LogP contribution in [-0.4, -0.2) is 6.10 Å². The normalized spacial score (nSPS) is 12.5. The van der Waals surface area contributed by atoms with Gasteiger partial charge in [0.1, 0.15) is 11.6 Å². The molecule has 106 valence electrons. The molecule has 2 nitrogen and oxygen atoms in total. The Hall–Kier alpha value is -1.87. The second kappa shape index (κ2) is 6.06. The Morgan fingerprint density at radius 3 is 2.40 bits per heavy atom. The van der Waals surface area contributed by atoms with Crippen LogP contribution in [0.1, 0.15) is 36.6 Å². The largest absolute Gasteiger partial charge is 0.491 e. The highest BCUT2D eigenvalue weighted by molar-refractivity contribution is 5.37. The first-order chi connectivity index (χ1) is 9.47. The lowest BCUT2D eigenvalue weighted by Crippen LogP contribution is -2.13. The quantitative estimate of drug-likeness (QED) is 0.914. The molecule has 2 aromatic carbocycles. The molecular formula is C17H20FNO. The van der Waals surface area contributed by atoms with E-state index in [-0.39, 0.29) is 18.0 Å². The first-order valence-corrected chi connectivity index (χ1v) is 6.75. The lowest BCUT2D eigenvalue weighted by atomic mass is 9.98. The molecule has 2 rings (SSSR count). The fourth-order valence-electron chi connectivity index (χ4n) is 2.05. The molecular weight excluding hydrogens is 253 g/mol. The van der Waals surface area contributed by atoms with Crippen molar-refractivity contribution in [1.82, 2.24) is 0 Å². The summed E-state index contributed by atoms with van der Waals surface area (Å²) in [6.07, 6.45) is 0.110. The van der Waals surface area contributed by atoms with Crippen molar-refractivity contribution in [2.24, 2.45) is 5.73 Å². The van der Waals surface area contributed by atoms with E-state index < -0.39 is 0 Å². The molecule has 0 aliphatic heterocycles. The molecule has 0 bridgehead atoms. The summed E-state index contributed by atoms with van der Waals surface area (Å²) in [5, 5.41) is 0. The van der Waals surface area contributed by atoms with Crippen LogP contribution in [0, 0.1) is 12.7 Å². The summed E-state index contributed by atoms with van der Waals surface area (Å²) < 4.78 is 19.3. The minimum atomic E-state index is -0.360. The zero-order valence-electron chi connectivity index (χ0n) is 12.1. The predicted molar refractivity (Wildman–Crippen MR) is 79.4 cm³/mol. The third-order valence-electron chi connectivity index (χ3n) is 3.14. The first kappa shape index (κ1) is 14.5. The van der Waals surface area contributed by atoms with Gasteiger partial charge in [-0.1, -0.05) is 24.3 Å². The van der Waals surface area contributed by atoms with E-state index >= 15 is 0 Å². The minimum Gasteiger partial charge on any atom is -0.491 e. The molecule has 0 radical (unpaired) electrons. The van der Waals surface area contributed by atoms with Gasteiger partial charge in [0.2, 0.25) is 0 Å². The number of hydrogen-bond donors (Lipinski definition) is 1. The Morgan fingerprint density at radius 1 is 1.05 bits per heavy atom. The zero-order chi connectivity index (χ0) is 14.7. The van der Waals surface area contributed by atoms with Crippen LogP contribution >= 0.6 is 0 Å². The van der Waals surface area contributed by atoms with Gasteiger partial charge in [-0.15, -0.1) is 0 Å². The summed E-state index contributed by atoms with van der Waals surface area (Å²) in [7, 11) is 0. The highest BCUT2D eigenvalue weighted by Crippen LogP contribution is 2.25. The molecule has 1 unspecified atom stereocenters. The van der Waals surface area contributed by atoms with E-state index in [4.69, 9.17) is 10.5 Å². The lowest BCUT2D eigenvalue weighted by Gasteiger charge is -2.16. The van der Waals surface area contributed by atoms with Crippen LogP contribution in [0.5, 0.6) is 5.75 Å². The summed E-state index contributed by atoms with van der Waals surface area (Å²) in [6, 6.07) is 12.4. The van der Waals surface area contributed by atoms with E-state index in [0.717, 1.165) is 16.9 Å². The minimum absolute atomic E-state index is 0.110. The number of hydrogen-bond acceptors (Lipinski definition) is 2. The highest BCUT2D eigenvalue weighted by atomic mass is 19.1. The van der Waals surface area contributed by atoms with E-state index in [1.807, 2.05) is 44.2 Å². The van der Waals surface area contributed by atoms with Gasteiger partial charge in [-0.3, -0.25) is 0 Å². The van der Waals surface area contributed by atoms with Gasteiger partial charge < -0.3 is 10.5 Å². The van der Waals surface area contributed by atoms with Crippen molar-refractivity contribution in [2.45, 2.75) is 32.9 Å². The summed E-state index contributed by atoms with van der Waals surface area (Å²) in [6.45, 7) is 5.69. The van der Waals surface area contributed by atoms with Gasteiger partial charge in [-0.05, 0) is 55.7 Å². The predicted octanol–water partition coefficient (Wildman–Crippen LogP) is 3.97. The maximum absolute atomic E-state index is 13.6. The van der Waals surface area contributed by atoms with Crippen LogP contribution in [0.15, 0.2) is 42.5 Å². The SMILES string of the molecule is Cc1ccc(C(N)c2cccc(OC(C)C)c2)cc1F. The number of ether oxygens (including phenoxy) is 1. The maximum Gasteiger partial charge on any atom is 0.126 e. The molecule has 0 amide bonds. The van der Waals surface area contributed by atoms with Gasteiger partial charge in [0, 0.05) is 0 Å². The van der Waals surface area contributed by atoms with Gasteiger partial charge in [-0.25, -0.2) is 4.39 Å². The van der Waals surface area contributed by atoms with Gasteiger partial charge in [0.25, 0.3) is 0 Å². The Kier molecular flexibility index (Phi) is 4.40. The lowest BCUT2D eigenvalue weighted by molar-refractivity contribution is 0.242. The highest BCUT2D eigenvalue weighted by Gasteiger charge is 2.11. The molecule has 1 atom stereocenters. The number of rotatable bonds is 4. The van der Waals surface area contributed by atoms with Crippen molar-refractivity contribution >= 4 is 0 Å². The van der Waals surface area contributed by atoms with Crippen LogP contribution in [0.25, 0.3) is 0 Å². The number of nitrogens with two attached hydrogens (primary N) is 1. The maximum atomic E-state index is 13.6. The number of aryl methyl sites for hydroxylation is 1. The molecule has 0 spiro atoms. The molecule has 0 saturated heterocycles. The molecule has 0 heterocycles. The first-order valence-electron chi connectivity index (χ1n) is 6.75. The topological polar surface area (TPSA) is 35.2 Å². The standard InChI is InChI=1S/C17H20FNO/c1-11(2)20-15-6-4-5-13(9-15)17(19)14-8-7-12(3)16(18)10-14/h4-11,17H,19H2,1-3H3. The summed E-state index contributed by atoms with van der Waals surface area (Å²) in [5.74, 6) is 0.549. The van der Waals surface area contributed by atoms with Crippen molar-refractivity contribution in [3.05, 3.63) is 65.0 Å². The molecule has 0 saturated carbocycles.